The average molecular weight is 264 g/mol. The van der Waals surface area contributed by atoms with Crippen LogP contribution in [0.25, 0.3) is 6.08 Å². The Morgan fingerprint density at radius 3 is 2.11 bits per heavy atom. The van der Waals surface area contributed by atoms with Crippen molar-refractivity contribution in [2.75, 3.05) is 19.8 Å². The Bertz CT molecular complexity index is 414. The Labute approximate surface area is 114 Å². The maximum absolute atomic E-state index is 11.4. The SMILES string of the molecule is CCOC(=O)C=Cc1c(OCC)cccc1OCC. The van der Waals surface area contributed by atoms with Gasteiger partial charge in [-0.05, 0) is 39.0 Å². The van der Waals surface area contributed by atoms with E-state index in [0.29, 0.717) is 31.3 Å². The molecule has 1 aromatic carbocycles. The molecule has 0 aliphatic rings. The first-order chi connectivity index (χ1) is 9.22. The Hall–Kier alpha value is -1.97. The van der Waals surface area contributed by atoms with Crippen LogP contribution in [-0.4, -0.2) is 25.8 Å². The van der Waals surface area contributed by atoms with Gasteiger partial charge in [-0.15, -0.1) is 0 Å². The molecule has 1 rings (SSSR count). The van der Waals surface area contributed by atoms with Crippen molar-refractivity contribution < 1.29 is 19.0 Å². The molecular weight excluding hydrogens is 244 g/mol. The molecule has 0 N–H and O–H groups in total. The second-order valence-corrected chi connectivity index (χ2v) is 3.62. The van der Waals surface area contributed by atoms with Crippen molar-refractivity contribution in [2.45, 2.75) is 20.8 Å². The van der Waals surface area contributed by atoms with Gasteiger partial charge in [0.15, 0.2) is 0 Å². The Morgan fingerprint density at radius 1 is 1.05 bits per heavy atom. The van der Waals surface area contributed by atoms with Crippen LogP contribution in [-0.2, 0) is 9.53 Å². The van der Waals surface area contributed by atoms with Crippen molar-refractivity contribution in [1.82, 2.24) is 0 Å². The van der Waals surface area contributed by atoms with Crippen LogP contribution < -0.4 is 9.47 Å². The molecule has 0 aliphatic heterocycles. The van der Waals surface area contributed by atoms with E-state index in [2.05, 4.69) is 0 Å². The fraction of sp³-hybridized carbons (Fsp3) is 0.400. The molecule has 4 nitrogen and oxygen atoms in total. The van der Waals surface area contributed by atoms with Crippen LogP contribution in [0.2, 0.25) is 0 Å². The zero-order chi connectivity index (χ0) is 14.1. The van der Waals surface area contributed by atoms with E-state index >= 15 is 0 Å². The summed E-state index contributed by atoms with van der Waals surface area (Å²) in [5.74, 6) is 0.999. The Morgan fingerprint density at radius 2 is 1.63 bits per heavy atom. The van der Waals surface area contributed by atoms with E-state index in [0.717, 1.165) is 5.56 Å². The molecule has 0 atom stereocenters. The van der Waals surface area contributed by atoms with Crippen LogP contribution >= 0.6 is 0 Å². The van der Waals surface area contributed by atoms with Crippen molar-refractivity contribution in [3.63, 3.8) is 0 Å². The standard InChI is InChI=1S/C15H20O4/c1-4-17-13-8-7-9-14(18-5-2)12(13)10-11-15(16)19-6-3/h7-11H,4-6H2,1-3H3. The molecule has 1 aromatic rings. The van der Waals surface area contributed by atoms with E-state index < -0.39 is 0 Å². The highest BCUT2D eigenvalue weighted by Gasteiger charge is 2.08. The van der Waals surface area contributed by atoms with Gasteiger partial charge in [0.25, 0.3) is 0 Å². The topological polar surface area (TPSA) is 44.8 Å². The van der Waals surface area contributed by atoms with Crippen LogP contribution in [0.15, 0.2) is 24.3 Å². The summed E-state index contributed by atoms with van der Waals surface area (Å²) in [6.07, 6.45) is 3.04. The first-order valence-corrected chi connectivity index (χ1v) is 6.46. The largest absolute Gasteiger partial charge is 0.493 e. The van der Waals surface area contributed by atoms with Gasteiger partial charge >= 0.3 is 5.97 Å². The molecule has 0 fully saturated rings. The van der Waals surface area contributed by atoms with Gasteiger partial charge in [0, 0.05) is 6.08 Å². The molecule has 0 bridgehead atoms. The number of ether oxygens (including phenoxy) is 3. The van der Waals surface area contributed by atoms with Crippen LogP contribution in [0.5, 0.6) is 11.5 Å². The molecule has 4 heteroatoms. The minimum Gasteiger partial charge on any atom is -0.493 e. The first-order valence-electron chi connectivity index (χ1n) is 6.46. The van der Waals surface area contributed by atoms with Crippen molar-refractivity contribution in [3.8, 4) is 11.5 Å². The summed E-state index contributed by atoms with van der Waals surface area (Å²) in [6, 6.07) is 5.55. The molecule has 0 spiro atoms. The number of carbonyl (C=O) groups excluding carboxylic acids is 1. The predicted molar refractivity (Wildman–Crippen MR) is 74.4 cm³/mol. The van der Waals surface area contributed by atoms with Crippen molar-refractivity contribution in [3.05, 3.63) is 29.8 Å². The number of hydrogen-bond donors (Lipinski definition) is 0. The zero-order valence-electron chi connectivity index (χ0n) is 11.6. The van der Waals surface area contributed by atoms with Gasteiger partial charge in [0.2, 0.25) is 0 Å². The molecule has 0 unspecified atom stereocenters. The van der Waals surface area contributed by atoms with Gasteiger partial charge in [-0.1, -0.05) is 6.07 Å². The van der Waals surface area contributed by atoms with Crippen molar-refractivity contribution in [2.24, 2.45) is 0 Å². The molecule has 0 aliphatic carbocycles. The Kier molecular flexibility index (Phi) is 6.50. The summed E-state index contributed by atoms with van der Waals surface area (Å²) in [5.41, 5.74) is 0.749. The van der Waals surface area contributed by atoms with Crippen LogP contribution in [0.1, 0.15) is 26.3 Å². The summed E-state index contributed by atoms with van der Waals surface area (Å²) in [4.78, 5) is 11.4. The van der Waals surface area contributed by atoms with Gasteiger partial charge in [-0.3, -0.25) is 0 Å². The lowest BCUT2D eigenvalue weighted by Crippen LogP contribution is -2.01. The molecule has 0 radical (unpaired) electrons. The van der Waals surface area contributed by atoms with E-state index in [1.807, 2.05) is 32.0 Å². The molecule has 0 heterocycles. The molecule has 0 aromatic heterocycles. The molecule has 0 saturated heterocycles. The summed E-state index contributed by atoms with van der Waals surface area (Å²) in [5, 5.41) is 0. The lowest BCUT2D eigenvalue weighted by molar-refractivity contribution is -0.137. The van der Waals surface area contributed by atoms with E-state index in [9.17, 15) is 4.79 Å². The lowest BCUT2D eigenvalue weighted by atomic mass is 10.1. The molecule has 104 valence electrons. The fourth-order valence-electron chi connectivity index (χ4n) is 1.59. The highest BCUT2D eigenvalue weighted by Crippen LogP contribution is 2.30. The Balaban J connectivity index is 3.02. The van der Waals surface area contributed by atoms with E-state index in [-0.39, 0.29) is 5.97 Å². The number of esters is 1. The van der Waals surface area contributed by atoms with Gasteiger partial charge in [-0.25, -0.2) is 4.79 Å². The quantitative estimate of drug-likeness (QED) is 0.561. The first kappa shape index (κ1) is 15.1. The van der Waals surface area contributed by atoms with Gasteiger partial charge < -0.3 is 14.2 Å². The summed E-state index contributed by atoms with van der Waals surface area (Å²) >= 11 is 0. The average Bonchev–Trinajstić information content (AvgIpc) is 2.39. The highest BCUT2D eigenvalue weighted by molar-refractivity contribution is 5.88. The van der Waals surface area contributed by atoms with E-state index in [1.165, 1.54) is 6.08 Å². The second kappa shape index (κ2) is 8.19. The second-order valence-electron chi connectivity index (χ2n) is 3.62. The fourth-order valence-corrected chi connectivity index (χ4v) is 1.59. The number of benzene rings is 1. The third kappa shape index (κ3) is 4.66. The maximum Gasteiger partial charge on any atom is 0.330 e. The normalized spacial score (nSPS) is 10.5. The lowest BCUT2D eigenvalue weighted by Gasteiger charge is -2.12. The molecule has 19 heavy (non-hydrogen) atoms. The summed E-state index contributed by atoms with van der Waals surface area (Å²) < 4.78 is 15.9. The number of hydrogen-bond acceptors (Lipinski definition) is 4. The predicted octanol–water partition coefficient (Wildman–Crippen LogP) is 3.06. The minimum atomic E-state index is -0.378. The molecule has 0 amide bonds. The van der Waals surface area contributed by atoms with Gasteiger partial charge in [0.1, 0.15) is 11.5 Å². The van der Waals surface area contributed by atoms with Crippen molar-refractivity contribution in [1.29, 1.82) is 0 Å². The number of rotatable bonds is 7. The minimum absolute atomic E-state index is 0.356. The van der Waals surface area contributed by atoms with Gasteiger partial charge in [0.05, 0.1) is 25.4 Å². The van der Waals surface area contributed by atoms with Crippen LogP contribution in [0.3, 0.4) is 0 Å². The van der Waals surface area contributed by atoms with E-state index in [4.69, 9.17) is 14.2 Å². The smallest absolute Gasteiger partial charge is 0.330 e. The van der Waals surface area contributed by atoms with Crippen LogP contribution in [0.4, 0.5) is 0 Å². The van der Waals surface area contributed by atoms with E-state index in [1.54, 1.807) is 13.0 Å². The monoisotopic (exact) mass is 264 g/mol. The molecule has 0 saturated carbocycles. The van der Waals surface area contributed by atoms with Gasteiger partial charge in [-0.2, -0.15) is 0 Å². The number of carbonyl (C=O) groups is 1. The zero-order valence-corrected chi connectivity index (χ0v) is 11.6. The third-order valence-electron chi connectivity index (χ3n) is 2.30. The highest BCUT2D eigenvalue weighted by atomic mass is 16.5. The summed E-state index contributed by atoms with van der Waals surface area (Å²) in [6.45, 7) is 7.05. The van der Waals surface area contributed by atoms with Crippen molar-refractivity contribution >= 4 is 12.0 Å². The molecular formula is C15H20O4. The summed E-state index contributed by atoms with van der Waals surface area (Å²) in [7, 11) is 0. The van der Waals surface area contributed by atoms with Crippen LogP contribution in [0, 0.1) is 0 Å². The maximum atomic E-state index is 11.4. The third-order valence-corrected chi connectivity index (χ3v) is 2.30.